The van der Waals surface area contributed by atoms with Crippen molar-refractivity contribution < 1.29 is 14.4 Å². The van der Waals surface area contributed by atoms with Gasteiger partial charge in [0.05, 0.1) is 0 Å². The minimum Gasteiger partial charge on any atom is -0.326 e. The Hall–Kier alpha value is -2.95. The lowest BCUT2D eigenvalue weighted by Gasteiger charge is -2.23. The number of Topliss-reactive ketones (excluding diaryl/α,β-unsaturated/α-hetero) is 1. The van der Waals surface area contributed by atoms with Crippen molar-refractivity contribution in [3.63, 3.8) is 0 Å². The van der Waals surface area contributed by atoms with Crippen LogP contribution >= 0.6 is 0 Å². The van der Waals surface area contributed by atoms with Crippen molar-refractivity contribution in [1.29, 1.82) is 0 Å². The van der Waals surface area contributed by atoms with Crippen molar-refractivity contribution in [2.24, 2.45) is 5.92 Å². The van der Waals surface area contributed by atoms with E-state index in [2.05, 4.69) is 10.6 Å². The second-order valence-electron chi connectivity index (χ2n) is 5.94. The first-order valence-corrected chi connectivity index (χ1v) is 7.82. The third-order valence-electron chi connectivity index (χ3n) is 4.04. The van der Waals surface area contributed by atoms with Gasteiger partial charge in [0, 0.05) is 36.2 Å². The maximum atomic E-state index is 12.5. The Morgan fingerprint density at radius 1 is 0.958 bits per heavy atom. The fourth-order valence-corrected chi connectivity index (χ4v) is 2.95. The van der Waals surface area contributed by atoms with E-state index in [1.165, 1.54) is 6.92 Å². The Balaban J connectivity index is 1.72. The zero-order chi connectivity index (χ0) is 17.1. The molecular formula is C19H18N2O3. The molecule has 0 radical (unpaired) electrons. The summed E-state index contributed by atoms with van der Waals surface area (Å²) in [5.74, 6) is -0.730. The van der Waals surface area contributed by atoms with E-state index in [0.717, 1.165) is 5.56 Å². The van der Waals surface area contributed by atoms with Crippen LogP contribution in [-0.4, -0.2) is 17.6 Å². The number of rotatable bonds is 3. The highest BCUT2D eigenvalue weighted by molar-refractivity contribution is 6.04. The van der Waals surface area contributed by atoms with E-state index in [0.29, 0.717) is 23.4 Å². The standard InChI is InChI=1S/C19H18N2O3/c1-12(22)20-15-6-4-7-16(11-15)21-19(24)14-9-13-5-2-3-8-17(13)18(23)10-14/h2-8,11,14H,9-10H2,1H3,(H,20,22)(H,21,24). The van der Waals surface area contributed by atoms with Crippen LogP contribution in [0.25, 0.3) is 0 Å². The molecule has 2 amide bonds. The van der Waals surface area contributed by atoms with Gasteiger partial charge < -0.3 is 10.6 Å². The van der Waals surface area contributed by atoms with Gasteiger partial charge in [0.1, 0.15) is 0 Å². The third kappa shape index (κ3) is 3.51. The molecule has 2 aromatic carbocycles. The summed E-state index contributed by atoms with van der Waals surface area (Å²) in [6.07, 6.45) is 0.771. The Bertz CT molecular complexity index is 814. The molecule has 1 unspecified atom stereocenters. The molecule has 0 saturated carbocycles. The van der Waals surface area contributed by atoms with Crippen LogP contribution in [0.1, 0.15) is 29.3 Å². The molecule has 122 valence electrons. The lowest BCUT2D eigenvalue weighted by atomic mass is 9.82. The number of hydrogen-bond donors (Lipinski definition) is 2. The number of nitrogens with one attached hydrogen (secondary N) is 2. The largest absolute Gasteiger partial charge is 0.326 e. The average molecular weight is 322 g/mol. The number of fused-ring (bicyclic) bond motifs is 1. The predicted molar refractivity (Wildman–Crippen MR) is 92.0 cm³/mol. The minimum atomic E-state index is -0.378. The number of anilines is 2. The van der Waals surface area contributed by atoms with Crippen LogP contribution in [0.5, 0.6) is 0 Å². The van der Waals surface area contributed by atoms with Crippen molar-refractivity contribution in [3.8, 4) is 0 Å². The molecule has 1 aliphatic rings. The molecule has 5 heteroatoms. The monoisotopic (exact) mass is 322 g/mol. The molecule has 24 heavy (non-hydrogen) atoms. The fourth-order valence-electron chi connectivity index (χ4n) is 2.95. The maximum Gasteiger partial charge on any atom is 0.228 e. The van der Waals surface area contributed by atoms with E-state index < -0.39 is 0 Å². The molecule has 5 nitrogen and oxygen atoms in total. The SMILES string of the molecule is CC(=O)Nc1cccc(NC(=O)C2CC(=O)c3ccccc3C2)c1. The van der Waals surface area contributed by atoms with Gasteiger partial charge in [-0.1, -0.05) is 30.3 Å². The van der Waals surface area contributed by atoms with Crippen LogP contribution in [0.4, 0.5) is 11.4 Å². The van der Waals surface area contributed by atoms with Gasteiger partial charge in [0.2, 0.25) is 11.8 Å². The van der Waals surface area contributed by atoms with Crippen molar-refractivity contribution in [2.45, 2.75) is 19.8 Å². The molecular weight excluding hydrogens is 304 g/mol. The van der Waals surface area contributed by atoms with Gasteiger partial charge in [-0.2, -0.15) is 0 Å². The Morgan fingerprint density at radius 2 is 1.67 bits per heavy atom. The summed E-state index contributed by atoms with van der Waals surface area (Å²) in [6, 6.07) is 14.4. The molecule has 0 aliphatic heterocycles. The van der Waals surface area contributed by atoms with Crippen molar-refractivity contribution in [2.75, 3.05) is 10.6 Å². The minimum absolute atomic E-state index is 0.00370. The van der Waals surface area contributed by atoms with Crippen LogP contribution in [0.2, 0.25) is 0 Å². The van der Waals surface area contributed by atoms with Crippen LogP contribution < -0.4 is 10.6 Å². The zero-order valence-corrected chi connectivity index (χ0v) is 13.3. The van der Waals surface area contributed by atoms with E-state index in [1.54, 1.807) is 24.3 Å². The third-order valence-corrected chi connectivity index (χ3v) is 4.04. The molecule has 0 fully saturated rings. The molecule has 1 aliphatic carbocycles. The van der Waals surface area contributed by atoms with Gasteiger partial charge in [0.25, 0.3) is 0 Å². The average Bonchev–Trinajstić information content (AvgIpc) is 2.54. The summed E-state index contributed by atoms with van der Waals surface area (Å²) >= 11 is 0. The molecule has 0 spiro atoms. The number of hydrogen-bond acceptors (Lipinski definition) is 3. The molecule has 0 saturated heterocycles. The van der Waals surface area contributed by atoms with E-state index >= 15 is 0 Å². The summed E-state index contributed by atoms with van der Waals surface area (Å²) in [4.78, 5) is 35.8. The molecule has 3 rings (SSSR count). The van der Waals surface area contributed by atoms with E-state index in [9.17, 15) is 14.4 Å². The summed E-state index contributed by atoms with van der Waals surface area (Å²) in [5, 5.41) is 5.51. The summed E-state index contributed by atoms with van der Waals surface area (Å²) in [7, 11) is 0. The highest BCUT2D eigenvalue weighted by atomic mass is 16.2. The Labute approximate surface area is 140 Å². The van der Waals surface area contributed by atoms with Gasteiger partial charge in [-0.15, -0.1) is 0 Å². The molecule has 0 bridgehead atoms. The van der Waals surface area contributed by atoms with Gasteiger partial charge in [-0.05, 0) is 30.2 Å². The summed E-state index contributed by atoms with van der Waals surface area (Å²) < 4.78 is 0. The van der Waals surface area contributed by atoms with Gasteiger partial charge in [-0.3, -0.25) is 14.4 Å². The number of amides is 2. The number of benzene rings is 2. The normalized spacial score (nSPS) is 16.2. The maximum absolute atomic E-state index is 12.5. The first-order chi connectivity index (χ1) is 11.5. The lowest BCUT2D eigenvalue weighted by Crippen LogP contribution is -2.30. The smallest absolute Gasteiger partial charge is 0.228 e. The van der Waals surface area contributed by atoms with E-state index in [1.807, 2.05) is 24.3 Å². The quantitative estimate of drug-likeness (QED) is 0.912. The Morgan fingerprint density at radius 3 is 2.42 bits per heavy atom. The first kappa shape index (κ1) is 15.9. The molecule has 1 atom stereocenters. The summed E-state index contributed by atoms with van der Waals surface area (Å²) in [6.45, 7) is 1.43. The molecule has 0 heterocycles. The van der Waals surface area contributed by atoms with Crippen molar-refractivity contribution in [3.05, 3.63) is 59.7 Å². The fraction of sp³-hybridized carbons (Fsp3) is 0.211. The van der Waals surface area contributed by atoms with E-state index in [-0.39, 0.29) is 29.9 Å². The van der Waals surface area contributed by atoms with Crippen LogP contribution in [0, 0.1) is 5.92 Å². The van der Waals surface area contributed by atoms with Gasteiger partial charge >= 0.3 is 0 Å². The predicted octanol–water partition coefficient (Wildman–Crippen LogP) is 3.03. The summed E-state index contributed by atoms with van der Waals surface area (Å²) in [5.41, 5.74) is 2.85. The zero-order valence-electron chi connectivity index (χ0n) is 13.3. The first-order valence-electron chi connectivity index (χ1n) is 7.82. The lowest BCUT2D eigenvalue weighted by molar-refractivity contribution is -0.120. The molecule has 2 aromatic rings. The number of carbonyl (C=O) groups excluding carboxylic acids is 3. The van der Waals surface area contributed by atoms with Crippen molar-refractivity contribution in [1.82, 2.24) is 0 Å². The topological polar surface area (TPSA) is 75.3 Å². The Kier molecular flexibility index (Phi) is 4.42. The highest BCUT2D eigenvalue weighted by Gasteiger charge is 2.29. The molecule has 2 N–H and O–H groups in total. The van der Waals surface area contributed by atoms with Crippen LogP contribution in [-0.2, 0) is 16.0 Å². The van der Waals surface area contributed by atoms with Crippen LogP contribution in [0.15, 0.2) is 48.5 Å². The second kappa shape index (κ2) is 6.66. The number of ketones is 1. The van der Waals surface area contributed by atoms with Crippen molar-refractivity contribution >= 4 is 29.0 Å². The van der Waals surface area contributed by atoms with Gasteiger partial charge in [-0.25, -0.2) is 0 Å². The van der Waals surface area contributed by atoms with Gasteiger partial charge in [0.15, 0.2) is 5.78 Å². The number of carbonyl (C=O) groups is 3. The van der Waals surface area contributed by atoms with E-state index in [4.69, 9.17) is 0 Å². The van der Waals surface area contributed by atoms with Crippen LogP contribution in [0.3, 0.4) is 0 Å². The highest BCUT2D eigenvalue weighted by Crippen LogP contribution is 2.26. The second-order valence-corrected chi connectivity index (χ2v) is 5.94. The molecule has 0 aromatic heterocycles.